The van der Waals surface area contributed by atoms with Crippen LogP contribution in [0, 0.1) is 5.92 Å². The molecule has 2 unspecified atom stereocenters. The summed E-state index contributed by atoms with van der Waals surface area (Å²) in [6.45, 7) is 0. The van der Waals surface area contributed by atoms with Gasteiger partial charge in [-0.3, -0.25) is 4.79 Å². The number of hydrogen-bond donors (Lipinski definition) is 0. The minimum absolute atomic E-state index is 0.0227. The quantitative estimate of drug-likeness (QED) is 0.654. The van der Waals surface area contributed by atoms with Crippen LogP contribution in [-0.2, 0) is 4.84 Å². The maximum atomic E-state index is 13.3. The van der Waals surface area contributed by atoms with E-state index < -0.39 is 12.0 Å². The number of nitrogens with zero attached hydrogens (tertiary/aromatic N) is 1. The third-order valence-corrected chi connectivity index (χ3v) is 4.40. The van der Waals surface area contributed by atoms with Crippen molar-refractivity contribution in [2.45, 2.75) is 6.10 Å². The first kappa shape index (κ1) is 15.3. The molecule has 25 heavy (non-hydrogen) atoms. The fraction of sp³-hybridized carbons (Fsp3) is 0.0909. The van der Waals surface area contributed by atoms with Crippen molar-refractivity contribution in [2.24, 2.45) is 11.1 Å². The standard InChI is InChI=1S/C22H17NO2/c24-21(17-12-6-2-7-13-17)19-20(16-10-4-1-5-11-16)23-25-22(19)18-14-8-3-9-15-18/h1-15,19,22H. The van der Waals surface area contributed by atoms with Gasteiger partial charge >= 0.3 is 0 Å². The van der Waals surface area contributed by atoms with Gasteiger partial charge in [0.1, 0.15) is 11.6 Å². The van der Waals surface area contributed by atoms with E-state index in [9.17, 15) is 4.79 Å². The van der Waals surface area contributed by atoms with Gasteiger partial charge in [0, 0.05) is 11.1 Å². The first-order valence-corrected chi connectivity index (χ1v) is 8.28. The Morgan fingerprint density at radius 2 is 1.32 bits per heavy atom. The van der Waals surface area contributed by atoms with Gasteiger partial charge in [0.15, 0.2) is 11.9 Å². The fourth-order valence-electron chi connectivity index (χ4n) is 3.16. The molecule has 122 valence electrons. The molecule has 2 atom stereocenters. The van der Waals surface area contributed by atoms with E-state index >= 15 is 0 Å². The molecule has 1 aliphatic heterocycles. The molecule has 1 aliphatic rings. The Morgan fingerprint density at radius 1 is 0.760 bits per heavy atom. The molecule has 3 heteroatoms. The topological polar surface area (TPSA) is 38.7 Å². The van der Waals surface area contributed by atoms with Gasteiger partial charge in [0.25, 0.3) is 0 Å². The van der Waals surface area contributed by atoms with E-state index in [2.05, 4.69) is 5.16 Å². The lowest BCUT2D eigenvalue weighted by Crippen LogP contribution is -2.27. The van der Waals surface area contributed by atoms with E-state index in [-0.39, 0.29) is 5.78 Å². The number of oxime groups is 1. The Hall–Kier alpha value is -3.20. The molecule has 0 spiro atoms. The summed E-state index contributed by atoms with van der Waals surface area (Å²) in [6, 6.07) is 28.9. The van der Waals surface area contributed by atoms with Crippen molar-refractivity contribution in [3.63, 3.8) is 0 Å². The normalized spacial score (nSPS) is 19.1. The second-order valence-electron chi connectivity index (χ2n) is 5.99. The van der Waals surface area contributed by atoms with Crippen molar-refractivity contribution >= 4 is 11.5 Å². The molecule has 0 saturated carbocycles. The molecular weight excluding hydrogens is 310 g/mol. The van der Waals surface area contributed by atoms with Crippen LogP contribution < -0.4 is 0 Å². The van der Waals surface area contributed by atoms with E-state index in [0.717, 1.165) is 11.1 Å². The number of rotatable bonds is 4. The van der Waals surface area contributed by atoms with Gasteiger partial charge in [-0.15, -0.1) is 0 Å². The second kappa shape index (κ2) is 6.73. The minimum atomic E-state index is -0.466. The van der Waals surface area contributed by atoms with Gasteiger partial charge in [-0.25, -0.2) is 0 Å². The van der Waals surface area contributed by atoms with E-state index in [0.29, 0.717) is 11.3 Å². The molecule has 3 nitrogen and oxygen atoms in total. The SMILES string of the molecule is O=C(c1ccccc1)C1C(c2ccccc2)=NOC1c1ccccc1. The van der Waals surface area contributed by atoms with Crippen LogP contribution in [0.15, 0.2) is 96.2 Å². The second-order valence-corrected chi connectivity index (χ2v) is 5.99. The maximum Gasteiger partial charge on any atom is 0.176 e. The van der Waals surface area contributed by atoms with Crippen molar-refractivity contribution in [2.75, 3.05) is 0 Å². The molecule has 0 fully saturated rings. The first-order valence-electron chi connectivity index (χ1n) is 8.28. The van der Waals surface area contributed by atoms with Crippen LogP contribution in [0.3, 0.4) is 0 Å². The van der Waals surface area contributed by atoms with Crippen LogP contribution in [0.5, 0.6) is 0 Å². The number of ketones is 1. The molecule has 4 rings (SSSR count). The van der Waals surface area contributed by atoms with E-state index in [1.54, 1.807) is 0 Å². The van der Waals surface area contributed by atoms with Gasteiger partial charge in [-0.1, -0.05) is 96.2 Å². The third kappa shape index (κ3) is 2.96. The van der Waals surface area contributed by atoms with Gasteiger partial charge in [-0.05, 0) is 5.56 Å². The molecule has 0 amide bonds. The third-order valence-electron chi connectivity index (χ3n) is 4.40. The summed E-state index contributed by atoms with van der Waals surface area (Å²) in [4.78, 5) is 19.0. The lowest BCUT2D eigenvalue weighted by atomic mass is 9.83. The largest absolute Gasteiger partial charge is 0.386 e. The Balaban J connectivity index is 1.77. The summed E-state index contributed by atoms with van der Waals surface area (Å²) < 4.78 is 0. The van der Waals surface area contributed by atoms with Crippen molar-refractivity contribution in [1.29, 1.82) is 0 Å². The van der Waals surface area contributed by atoms with Crippen LogP contribution in [0.4, 0.5) is 0 Å². The summed E-state index contributed by atoms with van der Waals surface area (Å²) in [7, 11) is 0. The lowest BCUT2D eigenvalue weighted by Gasteiger charge is -2.18. The van der Waals surface area contributed by atoms with Crippen LogP contribution in [0.1, 0.15) is 27.6 Å². The maximum absolute atomic E-state index is 13.3. The predicted octanol–water partition coefficient (Wildman–Crippen LogP) is 4.66. The van der Waals surface area contributed by atoms with Crippen molar-refractivity contribution in [1.82, 2.24) is 0 Å². The van der Waals surface area contributed by atoms with Gasteiger partial charge < -0.3 is 4.84 Å². The smallest absolute Gasteiger partial charge is 0.176 e. The molecule has 0 N–H and O–H groups in total. The zero-order valence-electron chi connectivity index (χ0n) is 13.6. The summed E-state index contributed by atoms with van der Waals surface area (Å²) >= 11 is 0. The molecule has 0 aromatic heterocycles. The monoisotopic (exact) mass is 327 g/mol. The highest BCUT2D eigenvalue weighted by molar-refractivity contribution is 6.19. The molecule has 3 aromatic rings. The lowest BCUT2D eigenvalue weighted by molar-refractivity contribution is 0.0533. The fourth-order valence-corrected chi connectivity index (χ4v) is 3.16. The summed E-state index contributed by atoms with van der Waals surface area (Å²) in [6.07, 6.45) is -0.413. The number of carbonyl (C=O) groups is 1. The highest BCUT2D eigenvalue weighted by atomic mass is 16.6. The summed E-state index contributed by atoms with van der Waals surface area (Å²) in [5, 5.41) is 4.29. The Labute approximate surface area is 146 Å². The molecule has 0 saturated heterocycles. The highest BCUT2D eigenvalue weighted by Gasteiger charge is 2.41. The van der Waals surface area contributed by atoms with E-state index in [4.69, 9.17) is 4.84 Å². The summed E-state index contributed by atoms with van der Waals surface area (Å²) in [5.74, 6) is -0.443. The van der Waals surface area contributed by atoms with Crippen molar-refractivity contribution < 1.29 is 9.63 Å². The number of hydrogen-bond acceptors (Lipinski definition) is 3. The van der Waals surface area contributed by atoms with Crippen molar-refractivity contribution in [3.8, 4) is 0 Å². The molecular formula is C22H17NO2. The van der Waals surface area contributed by atoms with E-state index in [1.165, 1.54) is 0 Å². The molecule has 0 radical (unpaired) electrons. The molecule has 0 aliphatic carbocycles. The Bertz CT molecular complexity index is 889. The van der Waals surface area contributed by atoms with Crippen LogP contribution in [0.25, 0.3) is 0 Å². The number of benzene rings is 3. The minimum Gasteiger partial charge on any atom is -0.386 e. The number of carbonyl (C=O) groups excluding carboxylic acids is 1. The first-order chi connectivity index (χ1) is 12.3. The van der Waals surface area contributed by atoms with Crippen LogP contribution in [0.2, 0.25) is 0 Å². The van der Waals surface area contributed by atoms with Gasteiger partial charge in [0.2, 0.25) is 0 Å². The zero-order valence-corrected chi connectivity index (χ0v) is 13.6. The van der Waals surface area contributed by atoms with Gasteiger partial charge in [0.05, 0.1) is 0 Å². The average Bonchev–Trinajstić information content (AvgIpc) is 3.14. The average molecular weight is 327 g/mol. The predicted molar refractivity (Wildman–Crippen MR) is 97.5 cm³/mol. The van der Waals surface area contributed by atoms with Crippen LogP contribution in [-0.4, -0.2) is 11.5 Å². The Morgan fingerprint density at radius 3 is 1.96 bits per heavy atom. The number of Topliss-reactive ketones (excluding diaryl/α,β-unsaturated/α-hetero) is 1. The summed E-state index contributed by atoms with van der Waals surface area (Å²) in [5.41, 5.74) is 3.22. The Kier molecular flexibility index (Phi) is 4.13. The molecule has 3 aromatic carbocycles. The van der Waals surface area contributed by atoms with E-state index in [1.807, 2.05) is 91.0 Å². The van der Waals surface area contributed by atoms with Gasteiger partial charge in [-0.2, -0.15) is 0 Å². The molecule has 1 heterocycles. The molecule has 0 bridgehead atoms. The highest BCUT2D eigenvalue weighted by Crippen LogP contribution is 2.37. The van der Waals surface area contributed by atoms with Crippen LogP contribution >= 0.6 is 0 Å². The van der Waals surface area contributed by atoms with Crippen molar-refractivity contribution in [3.05, 3.63) is 108 Å². The zero-order chi connectivity index (χ0) is 17.1.